The normalized spacial score (nSPS) is 14.5. The van der Waals surface area contributed by atoms with Crippen LogP contribution in [-0.4, -0.2) is 53.6 Å². The highest BCUT2D eigenvalue weighted by Gasteiger charge is 2.25. The van der Waals surface area contributed by atoms with Gasteiger partial charge in [0.25, 0.3) is 5.91 Å². The number of imidazole rings is 1. The maximum atomic E-state index is 12.6. The predicted octanol–water partition coefficient (Wildman–Crippen LogP) is 1.29. The van der Waals surface area contributed by atoms with E-state index >= 15 is 0 Å². The van der Waals surface area contributed by atoms with E-state index in [0.29, 0.717) is 12.2 Å². The number of amides is 1. The Morgan fingerprint density at radius 1 is 1.24 bits per heavy atom. The minimum absolute atomic E-state index is 0.169. The van der Waals surface area contributed by atoms with Crippen LogP contribution in [0.1, 0.15) is 22.6 Å². The summed E-state index contributed by atoms with van der Waals surface area (Å²) in [6, 6.07) is 9.84. The van der Waals surface area contributed by atoms with Gasteiger partial charge in [-0.1, -0.05) is 30.3 Å². The van der Waals surface area contributed by atoms with Crippen LogP contribution in [0.3, 0.4) is 0 Å². The first-order chi connectivity index (χ1) is 12.1. The second-order valence-corrected chi connectivity index (χ2v) is 6.10. The predicted molar refractivity (Wildman–Crippen MR) is 93.0 cm³/mol. The van der Waals surface area contributed by atoms with Gasteiger partial charge in [-0.2, -0.15) is 0 Å². The first kappa shape index (κ1) is 17.2. The van der Waals surface area contributed by atoms with Crippen molar-refractivity contribution in [3.05, 3.63) is 41.7 Å². The van der Waals surface area contributed by atoms with Crippen LogP contribution in [-0.2, 0) is 22.6 Å². The summed E-state index contributed by atoms with van der Waals surface area (Å²) in [6.45, 7) is 2.24. The number of esters is 1. The Morgan fingerprint density at radius 2 is 2.00 bits per heavy atom. The first-order valence-electron chi connectivity index (χ1n) is 8.28. The van der Waals surface area contributed by atoms with E-state index in [2.05, 4.69) is 24.5 Å². The van der Waals surface area contributed by atoms with Gasteiger partial charge in [-0.3, -0.25) is 9.59 Å². The third-order valence-electron chi connectivity index (χ3n) is 4.28. The zero-order valence-electron chi connectivity index (χ0n) is 14.5. The summed E-state index contributed by atoms with van der Waals surface area (Å²) in [7, 11) is 3.32. The number of carbonyl (C=O) groups is 2. The molecule has 3 rings (SSSR count). The molecule has 0 aliphatic carbocycles. The number of hydrogen-bond donors (Lipinski definition) is 1. The van der Waals surface area contributed by atoms with Gasteiger partial charge in [0.05, 0.1) is 12.8 Å². The second kappa shape index (κ2) is 7.48. The van der Waals surface area contributed by atoms with Crippen LogP contribution in [0, 0.1) is 0 Å². The molecule has 1 aromatic carbocycles. The summed E-state index contributed by atoms with van der Waals surface area (Å²) in [5.74, 6) is -0.0557. The molecule has 0 bridgehead atoms. The van der Waals surface area contributed by atoms with Crippen molar-refractivity contribution in [3.63, 3.8) is 0 Å². The molecule has 25 heavy (non-hydrogen) atoms. The molecular weight excluding hydrogens is 320 g/mol. The van der Waals surface area contributed by atoms with E-state index in [0.717, 1.165) is 36.6 Å². The number of carbonyl (C=O) groups excluding carboxylic acids is 2. The van der Waals surface area contributed by atoms with Crippen LogP contribution >= 0.6 is 0 Å². The minimum Gasteiger partial charge on any atom is -0.468 e. The van der Waals surface area contributed by atoms with Crippen molar-refractivity contribution >= 4 is 11.9 Å². The molecule has 1 aliphatic rings. The van der Waals surface area contributed by atoms with Crippen LogP contribution in [0.4, 0.5) is 0 Å². The molecule has 0 atom stereocenters. The number of aromatic nitrogens is 2. The Morgan fingerprint density at radius 3 is 2.72 bits per heavy atom. The Bertz CT molecular complexity index is 770. The molecule has 0 unspecified atom stereocenters. The SMILES string of the molecule is COC(=O)CNC(=O)c1nc(-c2ccccc2)n2c1CN(C)CCC2. The van der Waals surface area contributed by atoms with E-state index in [1.54, 1.807) is 0 Å². The maximum absolute atomic E-state index is 12.6. The van der Waals surface area contributed by atoms with Gasteiger partial charge in [0.15, 0.2) is 5.69 Å². The Balaban J connectivity index is 1.99. The van der Waals surface area contributed by atoms with Crippen molar-refractivity contribution in [2.45, 2.75) is 19.5 Å². The summed E-state index contributed by atoms with van der Waals surface area (Å²) in [4.78, 5) is 30.7. The zero-order valence-corrected chi connectivity index (χ0v) is 14.5. The number of nitrogens with one attached hydrogen (secondary N) is 1. The molecule has 0 fully saturated rings. The van der Waals surface area contributed by atoms with E-state index in [1.807, 2.05) is 37.4 Å². The summed E-state index contributed by atoms with van der Waals surface area (Å²) in [5, 5.41) is 2.59. The average Bonchev–Trinajstić information content (AvgIpc) is 2.87. The molecule has 0 radical (unpaired) electrons. The van der Waals surface area contributed by atoms with Gasteiger partial charge in [0, 0.05) is 18.7 Å². The van der Waals surface area contributed by atoms with Gasteiger partial charge in [-0.25, -0.2) is 4.98 Å². The molecule has 7 heteroatoms. The quantitative estimate of drug-likeness (QED) is 0.848. The van der Waals surface area contributed by atoms with Crippen LogP contribution in [0.5, 0.6) is 0 Å². The Labute approximate surface area is 146 Å². The standard InChI is InChI=1S/C18H22N4O3/c1-21-9-6-10-22-14(12-21)16(18(24)19-11-15(23)25-2)20-17(22)13-7-4-3-5-8-13/h3-5,7-8H,6,9-12H2,1-2H3,(H,19,24). The van der Waals surface area contributed by atoms with Crippen LogP contribution in [0.2, 0.25) is 0 Å². The van der Waals surface area contributed by atoms with E-state index in [9.17, 15) is 9.59 Å². The highest BCUT2D eigenvalue weighted by Crippen LogP contribution is 2.25. The maximum Gasteiger partial charge on any atom is 0.325 e. The number of hydrogen-bond acceptors (Lipinski definition) is 5. The third kappa shape index (κ3) is 3.71. The number of nitrogens with zero attached hydrogens (tertiary/aromatic N) is 3. The van der Waals surface area contributed by atoms with Gasteiger partial charge < -0.3 is 19.5 Å². The van der Waals surface area contributed by atoms with Gasteiger partial charge >= 0.3 is 5.97 Å². The zero-order chi connectivity index (χ0) is 17.8. The minimum atomic E-state index is -0.487. The lowest BCUT2D eigenvalue weighted by Crippen LogP contribution is -2.31. The van der Waals surface area contributed by atoms with E-state index in [-0.39, 0.29) is 12.5 Å². The summed E-state index contributed by atoms with van der Waals surface area (Å²) in [5.41, 5.74) is 2.22. The van der Waals surface area contributed by atoms with Crippen molar-refractivity contribution in [1.82, 2.24) is 19.8 Å². The molecule has 2 aromatic rings. The summed E-state index contributed by atoms with van der Waals surface area (Å²) >= 11 is 0. The summed E-state index contributed by atoms with van der Waals surface area (Å²) in [6.07, 6.45) is 0.989. The highest BCUT2D eigenvalue weighted by atomic mass is 16.5. The first-order valence-corrected chi connectivity index (χ1v) is 8.28. The van der Waals surface area contributed by atoms with Gasteiger partial charge in [0.1, 0.15) is 12.4 Å². The lowest BCUT2D eigenvalue weighted by molar-refractivity contribution is -0.139. The van der Waals surface area contributed by atoms with Crippen LogP contribution in [0.15, 0.2) is 30.3 Å². The molecule has 1 aliphatic heterocycles. The van der Waals surface area contributed by atoms with Gasteiger partial charge in [-0.05, 0) is 20.0 Å². The molecular formula is C18H22N4O3. The molecule has 0 spiro atoms. The lowest BCUT2D eigenvalue weighted by atomic mass is 10.2. The molecule has 0 saturated carbocycles. The Hall–Kier alpha value is -2.67. The number of methoxy groups -OCH3 is 1. The molecule has 2 heterocycles. The van der Waals surface area contributed by atoms with E-state index in [4.69, 9.17) is 0 Å². The lowest BCUT2D eigenvalue weighted by Gasteiger charge is -2.13. The van der Waals surface area contributed by atoms with Crippen molar-refractivity contribution in [2.24, 2.45) is 0 Å². The van der Waals surface area contributed by atoms with Crippen molar-refractivity contribution < 1.29 is 14.3 Å². The second-order valence-electron chi connectivity index (χ2n) is 6.10. The fraction of sp³-hybridized carbons (Fsp3) is 0.389. The van der Waals surface area contributed by atoms with Crippen LogP contribution < -0.4 is 5.32 Å². The molecule has 1 N–H and O–H groups in total. The molecule has 1 aromatic heterocycles. The summed E-state index contributed by atoms with van der Waals surface area (Å²) < 4.78 is 6.69. The number of fused-ring (bicyclic) bond motifs is 1. The molecule has 0 saturated heterocycles. The van der Waals surface area contributed by atoms with Gasteiger partial charge in [-0.15, -0.1) is 0 Å². The number of ether oxygens (including phenoxy) is 1. The number of rotatable bonds is 4. The third-order valence-corrected chi connectivity index (χ3v) is 4.28. The smallest absolute Gasteiger partial charge is 0.325 e. The van der Waals surface area contributed by atoms with Crippen molar-refractivity contribution in [3.8, 4) is 11.4 Å². The topological polar surface area (TPSA) is 76.5 Å². The molecule has 1 amide bonds. The van der Waals surface area contributed by atoms with E-state index in [1.165, 1.54) is 7.11 Å². The highest BCUT2D eigenvalue weighted by molar-refractivity contribution is 5.96. The Kier molecular flexibility index (Phi) is 5.14. The molecule has 7 nitrogen and oxygen atoms in total. The fourth-order valence-corrected chi connectivity index (χ4v) is 3.02. The average molecular weight is 342 g/mol. The van der Waals surface area contributed by atoms with Crippen molar-refractivity contribution in [1.29, 1.82) is 0 Å². The van der Waals surface area contributed by atoms with E-state index < -0.39 is 5.97 Å². The fourth-order valence-electron chi connectivity index (χ4n) is 3.02. The number of benzene rings is 1. The van der Waals surface area contributed by atoms with Crippen molar-refractivity contribution in [2.75, 3.05) is 27.2 Å². The van der Waals surface area contributed by atoms with Gasteiger partial charge in [0.2, 0.25) is 0 Å². The monoisotopic (exact) mass is 342 g/mol. The van der Waals surface area contributed by atoms with Crippen LogP contribution in [0.25, 0.3) is 11.4 Å². The largest absolute Gasteiger partial charge is 0.468 e. The molecule has 132 valence electrons.